The molecule has 1 N–H and O–H groups in total. The van der Waals surface area contributed by atoms with Gasteiger partial charge in [0, 0.05) is 51.0 Å². The molecule has 1 heterocycles. The topological polar surface area (TPSA) is 55.9 Å². The van der Waals surface area contributed by atoms with E-state index in [0.29, 0.717) is 43.9 Å². The van der Waals surface area contributed by atoms with Gasteiger partial charge in [-0.15, -0.1) is 0 Å². The lowest BCUT2D eigenvalue weighted by Gasteiger charge is -2.38. The molecule has 3 aromatic rings. The molecule has 33 heavy (non-hydrogen) atoms. The molecule has 0 unspecified atom stereocenters. The molecule has 6 heteroatoms. The predicted molar refractivity (Wildman–Crippen MR) is 134 cm³/mol. The zero-order valence-corrected chi connectivity index (χ0v) is 19.2. The van der Waals surface area contributed by atoms with Gasteiger partial charge in [-0.25, -0.2) is 0 Å². The van der Waals surface area contributed by atoms with Crippen molar-refractivity contribution < 1.29 is 9.59 Å². The summed E-state index contributed by atoms with van der Waals surface area (Å²) in [6, 6.07) is 25.3. The molecular formula is C27H30N4O2. The van der Waals surface area contributed by atoms with Gasteiger partial charge in [0.1, 0.15) is 0 Å². The van der Waals surface area contributed by atoms with E-state index in [1.165, 1.54) is 0 Å². The number of nitrogens with one attached hydrogen (secondary N) is 1. The Morgan fingerprint density at radius 1 is 0.848 bits per heavy atom. The molecule has 0 aromatic heterocycles. The van der Waals surface area contributed by atoms with Crippen LogP contribution in [0.2, 0.25) is 0 Å². The number of anilines is 3. The van der Waals surface area contributed by atoms with Crippen LogP contribution in [0.1, 0.15) is 27.6 Å². The van der Waals surface area contributed by atoms with Gasteiger partial charge in [-0.05, 0) is 43.3 Å². The molecular weight excluding hydrogens is 412 g/mol. The van der Waals surface area contributed by atoms with Crippen LogP contribution in [0.25, 0.3) is 0 Å². The maximum atomic E-state index is 12.9. The minimum atomic E-state index is -0.0879. The number of hydrogen-bond donors (Lipinski definition) is 1. The third-order valence-electron chi connectivity index (χ3n) is 6.00. The molecule has 0 atom stereocenters. The van der Waals surface area contributed by atoms with Gasteiger partial charge in [0.2, 0.25) is 0 Å². The van der Waals surface area contributed by atoms with Crippen LogP contribution in [0.5, 0.6) is 0 Å². The number of amides is 2. The van der Waals surface area contributed by atoms with Gasteiger partial charge in [0.05, 0.1) is 16.9 Å². The molecule has 4 rings (SSSR count). The van der Waals surface area contributed by atoms with Crippen LogP contribution >= 0.6 is 0 Å². The van der Waals surface area contributed by atoms with E-state index in [9.17, 15) is 9.59 Å². The van der Waals surface area contributed by atoms with Crippen molar-refractivity contribution in [1.82, 2.24) is 10.2 Å². The van der Waals surface area contributed by atoms with E-state index < -0.39 is 0 Å². The fourth-order valence-corrected chi connectivity index (χ4v) is 4.27. The highest BCUT2D eigenvalue weighted by Gasteiger charge is 2.26. The highest BCUT2D eigenvalue weighted by molar-refractivity contribution is 6.04. The molecule has 1 saturated heterocycles. The van der Waals surface area contributed by atoms with Crippen LogP contribution in [0, 0.1) is 0 Å². The first kappa shape index (κ1) is 22.4. The van der Waals surface area contributed by atoms with E-state index in [1.54, 1.807) is 0 Å². The van der Waals surface area contributed by atoms with Crippen molar-refractivity contribution in [2.75, 3.05) is 49.6 Å². The number of rotatable bonds is 6. The zero-order valence-electron chi connectivity index (χ0n) is 19.2. The molecule has 0 spiro atoms. The van der Waals surface area contributed by atoms with Gasteiger partial charge < -0.3 is 20.0 Å². The van der Waals surface area contributed by atoms with Crippen molar-refractivity contribution >= 4 is 28.9 Å². The number of piperazine rings is 1. The standard InChI is InChI=1S/C27H30N4O2/c1-3-28-26(32)23-15-10-16-24(25(23)29(2)22-13-8-5-9-14-22)30-17-19-31(20-18-30)27(33)21-11-6-4-7-12-21/h4-16H,3,17-20H2,1-2H3,(H,28,32). The van der Waals surface area contributed by atoms with Gasteiger partial charge in [0.25, 0.3) is 11.8 Å². The van der Waals surface area contributed by atoms with E-state index in [2.05, 4.69) is 21.2 Å². The van der Waals surface area contributed by atoms with Gasteiger partial charge in [0.15, 0.2) is 0 Å². The quantitative estimate of drug-likeness (QED) is 0.623. The van der Waals surface area contributed by atoms with Crippen LogP contribution < -0.4 is 15.1 Å². The second kappa shape index (κ2) is 10.2. The molecule has 0 radical (unpaired) electrons. The Bertz CT molecular complexity index is 1090. The first-order chi connectivity index (χ1) is 16.1. The summed E-state index contributed by atoms with van der Waals surface area (Å²) < 4.78 is 0. The molecule has 1 aliphatic heterocycles. The molecule has 170 valence electrons. The second-order valence-electron chi connectivity index (χ2n) is 8.07. The molecule has 1 fully saturated rings. The molecule has 3 aromatic carbocycles. The van der Waals surface area contributed by atoms with Crippen molar-refractivity contribution in [3.05, 3.63) is 90.0 Å². The number of benzene rings is 3. The average molecular weight is 443 g/mol. The summed E-state index contributed by atoms with van der Waals surface area (Å²) >= 11 is 0. The van der Waals surface area contributed by atoms with Crippen molar-refractivity contribution in [3.63, 3.8) is 0 Å². The second-order valence-corrected chi connectivity index (χ2v) is 8.07. The van der Waals surface area contributed by atoms with Crippen molar-refractivity contribution in [1.29, 1.82) is 0 Å². The van der Waals surface area contributed by atoms with Gasteiger partial charge in [-0.2, -0.15) is 0 Å². The lowest BCUT2D eigenvalue weighted by Crippen LogP contribution is -2.49. The number of nitrogens with zero attached hydrogens (tertiary/aromatic N) is 3. The molecule has 0 bridgehead atoms. The van der Waals surface area contributed by atoms with Gasteiger partial charge in [-0.3, -0.25) is 9.59 Å². The first-order valence-corrected chi connectivity index (χ1v) is 11.4. The lowest BCUT2D eigenvalue weighted by atomic mass is 10.1. The van der Waals surface area contributed by atoms with E-state index in [4.69, 9.17) is 0 Å². The monoisotopic (exact) mass is 442 g/mol. The Morgan fingerprint density at radius 2 is 1.48 bits per heavy atom. The summed E-state index contributed by atoms with van der Waals surface area (Å²) in [4.78, 5) is 32.0. The Morgan fingerprint density at radius 3 is 2.12 bits per heavy atom. The lowest BCUT2D eigenvalue weighted by molar-refractivity contribution is 0.0746. The highest BCUT2D eigenvalue weighted by atomic mass is 16.2. The summed E-state index contributed by atoms with van der Waals surface area (Å²) in [5.74, 6) is -0.0250. The van der Waals surface area contributed by atoms with E-state index in [1.807, 2.05) is 91.7 Å². The van der Waals surface area contributed by atoms with Crippen LogP contribution in [0.4, 0.5) is 17.1 Å². The van der Waals surface area contributed by atoms with E-state index in [-0.39, 0.29) is 11.8 Å². The number of carbonyl (C=O) groups excluding carboxylic acids is 2. The number of para-hydroxylation sites is 2. The Balaban J connectivity index is 1.62. The van der Waals surface area contributed by atoms with Crippen LogP contribution in [0.15, 0.2) is 78.9 Å². The largest absolute Gasteiger partial charge is 0.366 e. The smallest absolute Gasteiger partial charge is 0.253 e. The fourth-order valence-electron chi connectivity index (χ4n) is 4.27. The maximum absolute atomic E-state index is 12.9. The van der Waals surface area contributed by atoms with Crippen molar-refractivity contribution in [2.45, 2.75) is 6.92 Å². The molecule has 6 nitrogen and oxygen atoms in total. The van der Waals surface area contributed by atoms with E-state index in [0.717, 1.165) is 17.1 Å². The minimum Gasteiger partial charge on any atom is -0.366 e. The fraction of sp³-hybridized carbons (Fsp3) is 0.259. The van der Waals surface area contributed by atoms with Crippen molar-refractivity contribution in [3.8, 4) is 0 Å². The Labute approximate surface area is 195 Å². The SMILES string of the molecule is CCNC(=O)c1cccc(N2CCN(C(=O)c3ccccc3)CC2)c1N(C)c1ccccc1. The first-order valence-electron chi connectivity index (χ1n) is 11.4. The van der Waals surface area contributed by atoms with Crippen LogP contribution in [-0.2, 0) is 0 Å². The predicted octanol–water partition coefficient (Wildman–Crippen LogP) is 4.17. The minimum absolute atomic E-state index is 0.0629. The zero-order chi connectivity index (χ0) is 23.2. The Hall–Kier alpha value is -3.80. The third-order valence-corrected chi connectivity index (χ3v) is 6.00. The average Bonchev–Trinajstić information content (AvgIpc) is 2.88. The molecule has 0 saturated carbocycles. The summed E-state index contributed by atoms with van der Waals surface area (Å²) in [6.45, 7) is 5.16. The summed E-state index contributed by atoms with van der Waals surface area (Å²) in [5, 5.41) is 2.94. The molecule has 2 amide bonds. The summed E-state index contributed by atoms with van der Waals surface area (Å²) in [5.41, 5.74) is 4.24. The maximum Gasteiger partial charge on any atom is 0.253 e. The number of hydrogen-bond acceptors (Lipinski definition) is 4. The van der Waals surface area contributed by atoms with E-state index >= 15 is 0 Å². The van der Waals surface area contributed by atoms with Gasteiger partial charge >= 0.3 is 0 Å². The number of carbonyl (C=O) groups is 2. The third kappa shape index (κ3) is 4.85. The van der Waals surface area contributed by atoms with Crippen LogP contribution in [-0.4, -0.2) is 56.5 Å². The molecule has 1 aliphatic rings. The highest BCUT2D eigenvalue weighted by Crippen LogP contribution is 2.37. The normalized spacial score (nSPS) is 13.5. The van der Waals surface area contributed by atoms with Crippen LogP contribution in [0.3, 0.4) is 0 Å². The molecule has 0 aliphatic carbocycles. The Kier molecular flexibility index (Phi) is 6.93. The summed E-state index contributed by atoms with van der Waals surface area (Å²) in [6.07, 6.45) is 0. The summed E-state index contributed by atoms with van der Waals surface area (Å²) in [7, 11) is 1.99. The van der Waals surface area contributed by atoms with Crippen molar-refractivity contribution in [2.24, 2.45) is 0 Å². The van der Waals surface area contributed by atoms with Gasteiger partial charge in [-0.1, -0.05) is 42.5 Å².